The molecule has 8 nitrogen and oxygen atoms in total. The number of allylic oxidation sites excluding steroid dienone is 5. The molecule has 2 aliphatic carbocycles. The maximum absolute atomic E-state index is 13.3. The zero-order chi connectivity index (χ0) is 27.2. The molecule has 200 valence electrons. The highest BCUT2D eigenvalue weighted by Crippen LogP contribution is 2.35. The zero-order valence-corrected chi connectivity index (χ0v) is 23.0. The van der Waals surface area contributed by atoms with Crippen LogP contribution in [0.2, 0.25) is 0 Å². The molecule has 1 aromatic rings. The van der Waals surface area contributed by atoms with E-state index in [9.17, 15) is 18.0 Å². The Kier molecular flexibility index (Phi) is 7.09. The van der Waals surface area contributed by atoms with Crippen LogP contribution in [-0.2, 0) is 14.6 Å². The molecule has 2 amide bonds. The topological polar surface area (TPSA) is 103 Å². The molecule has 2 radical (unpaired) electrons. The second-order valence-corrected chi connectivity index (χ2v) is 12.8. The standard InChI is InChI=1S/C29H34N4O4S/c1-18-5-7-21(8-6-18)17-38(36,37)22-9-10-25-23(15-22)24(28(34)31-25)16-26-19(2)27(20(3)30-26)29(35)33-13-11-32(4)12-14-33/h1,5,7,10,15-16,22,30H,6,8-9,11-14,17H2,2-4H3,(H,31,34)/b24-16-. The molecule has 38 heavy (non-hydrogen) atoms. The largest absolute Gasteiger partial charge is 0.358 e. The number of hydrogen-bond acceptors (Lipinski definition) is 5. The summed E-state index contributed by atoms with van der Waals surface area (Å²) in [6.07, 6.45) is 10.4. The Morgan fingerprint density at radius 3 is 2.58 bits per heavy atom. The van der Waals surface area contributed by atoms with Crippen molar-refractivity contribution in [1.82, 2.24) is 20.1 Å². The molecule has 3 heterocycles. The van der Waals surface area contributed by atoms with Crippen molar-refractivity contribution in [3.63, 3.8) is 0 Å². The van der Waals surface area contributed by atoms with E-state index in [4.69, 9.17) is 6.92 Å². The maximum Gasteiger partial charge on any atom is 0.256 e. The van der Waals surface area contributed by atoms with Gasteiger partial charge in [-0.25, -0.2) is 8.42 Å². The van der Waals surface area contributed by atoms with Gasteiger partial charge < -0.3 is 20.1 Å². The molecule has 0 bridgehead atoms. The molecular formula is C29H34N4O4S. The highest BCUT2D eigenvalue weighted by Gasteiger charge is 2.35. The van der Waals surface area contributed by atoms with Crippen molar-refractivity contribution >= 4 is 27.7 Å². The summed E-state index contributed by atoms with van der Waals surface area (Å²) in [6, 6.07) is 0. The summed E-state index contributed by atoms with van der Waals surface area (Å²) >= 11 is 0. The van der Waals surface area contributed by atoms with Crippen LogP contribution in [0.4, 0.5) is 0 Å². The number of aromatic amines is 1. The van der Waals surface area contributed by atoms with Crippen molar-refractivity contribution in [3.05, 3.63) is 81.7 Å². The second-order valence-electron chi connectivity index (χ2n) is 10.6. The fourth-order valence-electron chi connectivity index (χ4n) is 5.48. The number of amides is 2. The number of aryl methyl sites for hydroxylation is 1. The number of nitrogens with one attached hydrogen (secondary N) is 2. The Labute approximate surface area is 224 Å². The minimum absolute atomic E-state index is 0.0119. The van der Waals surface area contributed by atoms with Crippen molar-refractivity contribution in [2.24, 2.45) is 0 Å². The van der Waals surface area contributed by atoms with E-state index < -0.39 is 15.1 Å². The molecule has 4 aliphatic rings. The molecule has 9 heteroatoms. The first-order valence-corrected chi connectivity index (χ1v) is 14.7. The Hall–Kier alpha value is -3.17. The monoisotopic (exact) mass is 534 g/mol. The van der Waals surface area contributed by atoms with Crippen LogP contribution in [0.15, 0.2) is 52.3 Å². The molecular weight excluding hydrogens is 500 g/mol. The number of nitrogens with zero attached hydrogens (tertiary/aromatic N) is 2. The van der Waals surface area contributed by atoms with Crippen LogP contribution in [0, 0.1) is 20.8 Å². The summed E-state index contributed by atoms with van der Waals surface area (Å²) in [7, 11) is -1.43. The first-order chi connectivity index (χ1) is 18.0. The highest BCUT2D eigenvalue weighted by molar-refractivity contribution is 7.92. The van der Waals surface area contributed by atoms with Gasteiger partial charge in [0.25, 0.3) is 11.8 Å². The summed E-state index contributed by atoms with van der Waals surface area (Å²) in [5, 5.41) is 2.15. The molecule has 2 aliphatic heterocycles. The normalized spacial score (nSPS) is 23.5. The molecule has 0 saturated carbocycles. The van der Waals surface area contributed by atoms with Crippen LogP contribution in [0.5, 0.6) is 0 Å². The molecule has 1 aromatic heterocycles. The Bertz CT molecular complexity index is 1450. The summed E-state index contributed by atoms with van der Waals surface area (Å²) in [4.78, 5) is 33.6. The lowest BCUT2D eigenvalue weighted by atomic mass is 9.98. The number of likely N-dealkylation sites (N-methyl/N-ethyl adjacent to an activating group) is 1. The zero-order valence-electron chi connectivity index (χ0n) is 22.1. The van der Waals surface area contributed by atoms with E-state index in [2.05, 4.69) is 15.2 Å². The van der Waals surface area contributed by atoms with Gasteiger partial charge in [-0.15, -0.1) is 0 Å². The predicted octanol–water partition coefficient (Wildman–Crippen LogP) is 2.89. The minimum Gasteiger partial charge on any atom is -0.358 e. The number of carbonyl (C=O) groups is 2. The van der Waals surface area contributed by atoms with Crippen LogP contribution in [0.1, 0.15) is 46.6 Å². The lowest BCUT2D eigenvalue weighted by Crippen LogP contribution is -2.47. The molecule has 0 spiro atoms. The number of fused-ring (bicyclic) bond motifs is 1. The van der Waals surface area contributed by atoms with Gasteiger partial charge in [0.15, 0.2) is 9.84 Å². The average molecular weight is 535 g/mol. The summed E-state index contributed by atoms with van der Waals surface area (Å²) in [5.41, 5.74) is 6.06. The van der Waals surface area contributed by atoms with Gasteiger partial charge in [0.1, 0.15) is 0 Å². The van der Waals surface area contributed by atoms with Crippen LogP contribution >= 0.6 is 0 Å². The fourth-order valence-corrected chi connectivity index (χ4v) is 7.18. The van der Waals surface area contributed by atoms with Gasteiger partial charge in [-0.3, -0.25) is 9.59 Å². The van der Waals surface area contributed by atoms with Gasteiger partial charge in [-0.2, -0.15) is 0 Å². The lowest BCUT2D eigenvalue weighted by molar-refractivity contribution is -0.115. The average Bonchev–Trinajstić information content (AvgIpc) is 3.34. The minimum atomic E-state index is -3.48. The SMILES string of the molecule is [CH]C1=CC=C(CS(=O)(=O)C2C=C3C(=CC2)NC(=O)/C3=C\c2[nH]c(C)c(C(=O)N3CCN(C)CC3)c2C)CC1. The third kappa shape index (κ3) is 5.09. The number of rotatable bonds is 5. The van der Waals surface area contributed by atoms with Crippen molar-refractivity contribution in [2.45, 2.75) is 38.4 Å². The van der Waals surface area contributed by atoms with Gasteiger partial charge in [0.2, 0.25) is 0 Å². The van der Waals surface area contributed by atoms with Crippen molar-refractivity contribution in [2.75, 3.05) is 39.0 Å². The molecule has 2 fully saturated rings. The summed E-state index contributed by atoms with van der Waals surface area (Å²) in [6.45, 7) is 12.6. The van der Waals surface area contributed by atoms with Crippen LogP contribution < -0.4 is 5.32 Å². The van der Waals surface area contributed by atoms with Crippen molar-refractivity contribution in [3.8, 4) is 0 Å². The van der Waals surface area contributed by atoms with Crippen molar-refractivity contribution < 1.29 is 18.0 Å². The molecule has 0 aromatic carbocycles. The summed E-state index contributed by atoms with van der Waals surface area (Å²) < 4.78 is 26.6. The second kappa shape index (κ2) is 10.2. The van der Waals surface area contributed by atoms with Gasteiger partial charge >= 0.3 is 0 Å². The summed E-state index contributed by atoms with van der Waals surface area (Å²) in [5.74, 6) is -0.321. The number of piperazine rings is 1. The Morgan fingerprint density at radius 2 is 1.89 bits per heavy atom. The van der Waals surface area contributed by atoms with E-state index in [1.807, 2.05) is 25.8 Å². The van der Waals surface area contributed by atoms with Gasteiger partial charge in [0, 0.05) is 48.8 Å². The van der Waals surface area contributed by atoms with Crippen LogP contribution in [-0.4, -0.2) is 79.2 Å². The number of hydrogen-bond donors (Lipinski definition) is 2. The van der Waals surface area contributed by atoms with Crippen LogP contribution in [0.3, 0.4) is 0 Å². The van der Waals surface area contributed by atoms with Gasteiger partial charge in [-0.05, 0) is 58.7 Å². The number of carbonyl (C=O) groups excluding carboxylic acids is 2. The highest BCUT2D eigenvalue weighted by atomic mass is 32.2. The first kappa shape index (κ1) is 26.4. The van der Waals surface area contributed by atoms with Gasteiger partial charge in [-0.1, -0.05) is 35.5 Å². The smallest absolute Gasteiger partial charge is 0.256 e. The van der Waals surface area contributed by atoms with Crippen LogP contribution in [0.25, 0.3) is 6.08 Å². The van der Waals surface area contributed by atoms with E-state index in [-0.39, 0.29) is 17.6 Å². The molecule has 2 saturated heterocycles. The molecule has 1 unspecified atom stereocenters. The number of H-pyrrole nitrogens is 1. The Morgan fingerprint density at radius 1 is 1.16 bits per heavy atom. The first-order valence-electron chi connectivity index (χ1n) is 13.0. The van der Waals surface area contributed by atoms with Gasteiger partial charge in [0.05, 0.1) is 22.1 Å². The van der Waals surface area contributed by atoms with E-state index in [0.29, 0.717) is 60.5 Å². The van der Waals surface area contributed by atoms with E-state index in [1.54, 1.807) is 30.4 Å². The van der Waals surface area contributed by atoms with E-state index in [1.165, 1.54) is 0 Å². The van der Waals surface area contributed by atoms with Crippen molar-refractivity contribution in [1.29, 1.82) is 0 Å². The maximum atomic E-state index is 13.3. The third-order valence-corrected chi connectivity index (χ3v) is 9.89. The molecule has 1 atom stereocenters. The number of aromatic nitrogens is 1. The third-order valence-electron chi connectivity index (χ3n) is 7.86. The number of sulfone groups is 1. The molecule has 5 rings (SSSR count). The van der Waals surface area contributed by atoms with E-state index >= 15 is 0 Å². The van der Waals surface area contributed by atoms with E-state index in [0.717, 1.165) is 35.5 Å². The Balaban J connectivity index is 1.42. The quantitative estimate of drug-likeness (QED) is 0.566. The predicted molar refractivity (Wildman–Crippen MR) is 148 cm³/mol. The lowest BCUT2D eigenvalue weighted by Gasteiger charge is -2.32. The molecule has 2 N–H and O–H groups in total. The fraction of sp³-hybridized carbons (Fsp3) is 0.414.